The van der Waals surface area contributed by atoms with Gasteiger partial charge in [0.15, 0.2) is 6.20 Å². The molecule has 8 heteroatoms. The highest BCUT2D eigenvalue weighted by Crippen LogP contribution is 2.33. The molecule has 36 heavy (non-hydrogen) atoms. The molecule has 3 heterocycles. The van der Waals surface area contributed by atoms with Crippen LogP contribution in [0.3, 0.4) is 0 Å². The Bertz CT molecular complexity index is 1050. The third-order valence-corrected chi connectivity index (χ3v) is 8.15. The number of rotatable bonds is 11. The molecule has 1 aliphatic heterocycles. The molecule has 1 fully saturated rings. The molecule has 0 radical (unpaired) electrons. The quantitative estimate of drug-likeness (QED) is 0.284. The van der Waals surface area contributed by atoms with Crippen molar-refractivity contribution in [3.05, 3.63) is 73.7 Å². The standard InChI is InChI=1S/C28H38ClN5OS/c1-6-31-25(17-30-5)24(16-22-10-14-36-18-22)23-8-12-34(13-9-23)20(3)7-11-32-28(35)27-19(2)15-26(29)33-21(27)4/h10,14-15,17-18,20,23-24,31H,6-9,11-13,16H2,1-4H3,(H,32,35)/b25-17-/t20-,24?/m1/s1. The maximum absolute atomic E-state index is 12.7. The van der Waals surface area contributed by atoms with E-state index in [1.165, 1.54) is 5.56 Å². The van der Waals surface area contributed by atoms with E-state index < -0.39 is 0 Å². The van der Waals surface area contributed by atoms with Crippen molar-refractivity contribution < 1.29 is 4.79 Å². The Labute approximate surface area is 225 Å². The number of carbonyl (C=O) groups is 1. The summed E-state index contributed by atoms with van der Waals surface area (Å²) >= 11 is 7.74. The molecule has 194 valence electrons. The van der Waals surface area contributed by atoms with Gasteiger partial charge in [-0.05, 0) is 112 Å². The van der Waals surface area contributed by atoms with Crippen molar-refractivity contribution in [3.8, 4) is 0 Å². The molecule has 2 atom stereocenters. The summed E-state index contributed by atoms with van der Waals surface area (Å²) in [5, 5.41) is 11.3. The van der Waals surface area contributed by atoms with Gasteiger partial charge in [0.05, 0.1) is 17.8 Å². The molecule has 6 nitrogen and oxygen atoms in total. The van der Waals surface area contributed by atoms with Crippen molar-refractivity contribution in [3.63, 3.8) is 0 Å². The SMILES string of the molecule is [C-]#[N+]/C=C(\NCC)C(Cc1ccsc1)C1CCN([C@H](C)CCNC(=O)c2c(C)cc(Cl)nc2C)CC1. The second-order valence-electron chi connectivity index (χ2n) is 9.68. The number of nitrogens with one attached hydrogen (secondary N) is 2. The molecule has 2 aromatic rings. The van der Waals surface area contributed by atoms with Crippen molar-refractivity contribution >= 4 is 28.8 Å². The molecule has 0 bridgehead atoms. The number of halogens is 1. The average molecular weight is 528 g/mol. The number of pyridine rings is 1. The Kier molecular flexibility index (Phi) is 10.8. The summed E-state index contributed by atoms with van der Waals surface area (Å²) in [6, 6.07) is 4.32. The fourth-order valence-electron chi connectivity index (χ4n) is 5.30. The lowest BCUT2D eigenvalue weighted by Crippen LogP contribution is -2.43. The largest absolute Gasteiger partial charge is 0.398 e. The predicted octanol–water partition coefficient (Wildman–Crippen LogP) is 5.86. The number of likely N-dealkylation sites (tertiary alicyclic amines) is 1. The molecule has 0 saturated carbocycles. The van der Waals surface area contributed by atoms with Gasteiger partial charge < -0.3 is 15.5 Å². The normalized spacial score (nSPS) is 16.8. The van der Waals surface area contributed by atoms with Crippen molar-refractivity contribution in [1.29, 1.82) is 0 Å². The molecular weight excluding hydrogens is 490 g/mol. The second-order valence-corrected chi connectivity index (χ2v) is 10.8. The lowest BCUT2D eigenvalue weighted by atomic mass is 9.79. The van der Waals surface area contributed by atoms with E-state index in [4.69, 9.17) is 18.2 Å². The van der Waals surface area contributed by atoms with Gasteiger partial charge in [0, 0.05) is 24.8 Å². The van der Waals surface area contributed by atoms with E-state index >= 15 is 0 Å². The Hall–Kier alpha value is -2.40. The summed E-state index contributed by atoms with van der Waals surface area (Å²) in [6.07, 6.45) is 5.79. The summed E-state index contributed by atoms with van der Waals surface area (Å²) in [7, 11) is 0. The van der Waals surface area contributed by atoms with Gasteiger partial charge in [-0.25, -0.2) is 9.83 Å². The first kappa shape index (κ1) is 28.2. The number of hydrogen-bond acceptors (Lipinski definition) is 5. The lowest BCUT2D eigenvalue weighted by molar-refractivity contribution is 0.0934. The van der Waals surface area contributed by atoms with Gasteiger partial charge in [0.25, 0.3) is 5.91 Å². The minimum Gasteiger partial charge on any atom is -0.398 e. The number of allylic oxidation sites excluding steroid dienone is 1. The molecule has 0 aromatic carbocycles. The van der Waals surface area contributed by atoms with Crippen LogP contribution in [0.5, 0.6) is 0 Å². The van der Waals surface area contributed by atoms with Crippen LogP contribution < -0.4 is 10.6 Å². The maximum Gasteiger partial charge on any atom is 0.253 e. The number of nitrogens with zero attached hydrogens (tertiary/aromatic N) is 3. The molecular formula is C28H38ClN5OS. The number of amides is 1. The van der Waals surface area contributed by atoms with E-state index in [0.717, 1.165) is 56.6 Å². The molecule has 2 N–H and O–H groups in total. The highest BCUT2D eigenvalue weighted by molar-refractivity contribution is 7.07. The fourth-order valence-corrected chi connectivity index (χ4v) is 6.27. The minimum absolute atomic E-state index is 0.0844. The monoisotopic (exact) mass is 527 g/mol. The third kappa shape index (κ3) is 7.55. The Morgan fingerprint density at radius 1 is 1.36 bits per heavy atom. The summed E-state index contributed by atoms with van der Waals surface area (Å²) in [5.41, 5.74) is 4.56. The molecule has 2 aromatic heterocycles. The number of carbonyl (C=O) groups excluding carboxylic acids is 1. The Morgan fingerprint density at radius 3 is 2.72 bits per heavy atom. The van der Waals surface area contributed by atoms with Crippen LogP contribution in [0.25, 0.3) is 4.85 Å². The van der Waals surface area contributed by atoms with Crippen molar-refractivity contribution in [2.45, 2.75) is 59.4 Å². The van der Waals surface area contributed by atoms with E-state index in [1.54, 1.807) is 23.6 Å². The van der Waals surface area contributed by atoms with Crippen LogP contribution in [0.4, 0.5) is 0 Å². The predicted molar refractivity (Wildman–Crippen MR) is 149 cm³/mol. The van der Waals surface area contributed by atoms with Crippen molar-refractivity contribution in [2.75, 3.05) is 26.2 Å². The zero-order valence-corrected chi connectivity index (χ0v) is 23.4. The Balaban J connectivity index is 1.53. The molecule has 1 unspecified atom stereocenters. The van der Waals surface area contributed by atoms with Crippen LogP contribution in [0.15, 0.2) is 34.8 Å². The van der Waals surface area contributed by atoms with Gasteiger partial charge in [-0.1, -0.05) is 11.6 Å². The molecule has 1 saturated heterocycles. The lowest BCUT2D eigenvalue weighted by Gasteiger charge is -2.40. The topological polar surface area (TPSA) is 61.6 Å². The molecule has 0 aliphatic carbocycles. The number of aryl methyl sites for hydroxylation is 2. The van der Waals surface area contributed by atoms with Crippen molar-refractivity contribution in [1.82, 2.24) is 20.5 Å². The summed E-state index contributed by atoms with van der Waals surface area (Å²) < 4.78 is 0. The van der Waals surface area contributed by atoms with E-state index in [2.05, 4.69) is 56.0 Å². The molecule has 0 spiro atoms. The average Bonchev–Trinajstić information content (AvgIpc) is 3.35. The van der Waals surface area contributed by atoms with Crippen molar-refractivity contribution in [2.24, 2.45) is 11.8 Å². The summed E-state index contributed by atoms with van der Waals surface area (Å²) in [5.74, 6) is 0.798. The first-order valence-corrected chi connectivity index (χ1v) is 14.1. The highest BCUT2D eigenvalue weighted by atomic mass is 35.5. The zero-order chi connectivity index (χ0) is 26.1. The van der Waals surface area contributed by atoms with Gasteiger partial charge in [0.1, 0.15) is 5.15 Å². The fraction of sp³-hybridized carbons (Fsp3) is 0.536. The van der Waals surface area contributed by atoms with Crippen LogP contribution in [-0.4, -0.2) is 48.0 Å². The van der Waals surface area contributed by atoms with E-state index in [0.29, 0.717) is 40.8 Å². The highest BCUT2D eigenvalue weighted by Gasteiger charge is 2.30. The summed E-state index contributed by atoms with van der Waals surface area (Å²) in [6.45, 7) is 19.0. The molecule has 3 rings (SSSR count). The van der Waals surface area contributed by atoms with Crippen LogP contribution in [0, 0.1) is 32.3 Å². The summed E-state index contributed by atoms with van der Waals surface area (Å²) in [4.78, 5) is 23.1. The van der Waals surface area contributed by atoms with E-state index in [9.17, 15) is 4.79 Å². The second kappa shape index (κ2) is 13.8. The first-order valence-electron chi connectivity index (χ1n) is 12.8. The Morgan fingerprint density at radius 2 is 2.11 bits per heavy atom. The van der Waals surface area contributed by atoms with Gasteiger partial charge in [0.2, 0.25) is 0 Å². The van der Waals surface area contributed by atoms with Gasteiger partial charge >= 0.3 is 0 Å². The number of piperidine rings is 1. The van der Waals surface area contributed by atoms with Gasteiger partial charge in [-0.15, -0.1) is 0 Å². The minimum atomic E-state index is -0.0844. The van der Waals surface area contributed by atoms with Crippen LogP contribution in [0.1, 0.15) is 60.3 Å². The maximum atomic E-state index is 12.7. The number of thiophene rings is 1. The van der Waals surface area contributed by atoms with Gasteiger partial charge in [-0.3, -0.25) is 4.79 Å². The van der Waals surface area contributed by atoms with Crippen LogP contribution >= 0.6 is 22.9 Å². The smallest absolute Gasteiger partial charge is 0.253 e. The third-order valence-electron chi connectivity index (χ3n) is 7.23. The first-order chi connectivity index (χ1) is 17.3. The molecule has 1 amide bonds. The van der Waals surface area contributed by atoms with Crippen LogP contribution in [-0.2, 0) is 6.42 Å². The molecule has 1 aliphatic rings. The zero-order valence-electron chi connectivity index (χ0n) is 21.8. The van der Waals surface area contributed by atoms with Gasteiger partial charge in [-0.2, -0.15) is 11.3 Å². The number of aromatic nitrogens is 1. The van der Waals surface area contributed by atoms with E-state index in [-0.39, 0.29) is 5.91 Å². The van der Waals surface area contributed by atoms with Crippen LogP contribution in [0.2, 0.25) is 5.15 Å². The number of hydrogen-bond donors (Lipinski definition) is 2. The van der Waals surface area contributed by atoms with E-state index in [1.807, 2.05) is 13.8 Å².